The average Bonchev–Trinajstić information content (AvgIpc) is 3.03. The van der Waals surface area contributed by atoms with Crippen molar-refractivity contribution in [1.82, 2.24) is 24.6 Å². The maximum absolute atomic E-state index is 12.4. The summed E-state index contributed by atoms with van der Waals surface area (Å²) in [6.07, 6.45) is -0.344. The molecule has 0 spiro atoms. The zero-order valence-corrected chi connectivity index (χ0v) is 13.5. The van der Waals surface area contributed by atoms with E-state index in [0.717, 1.165) is 11.4 Å². The molecular formula is C15H19F3N6. The van der Waals surface area contributed by atoms with Crippen LogP contribution in [0.2, 0.25) is 0 Å². The minimum absolute atomic E-state index is 0.0719. The van der Waals surface area contributed by atoms with Crippen molar-refractivity contribution in [2.45, 2.75) is 32.5 Å². The van der Waals surface area contributed by atoms with Gasteiger partial charge in [0, 0.05) is 24.8 Å². The van der Waals surface area contributed by atoms with Crippen LogP contribution in [0.4, 0.5) is 19.0 Å². The Morgan fingerprint density at radius 2 is 2.08 bits per heavy atom. The van der Waals surface area contributed by atoms with Crippen LogP contribution in [0.3, 0.4) is 0 Å². The first kappa shape index (κ1) is 16.7. The summed E-state index contributed by atoms with van der Waals surface area (Å²) in [4.78, 5) is 10.0. The van der Waals surface area contributed by atoms with Crippen LogP contribution >= 0.6 is 0 Å². The molecule has 3 rings (SSSR count). The molecule has 1 aliphatic rings. The van der Waals surface area contributed by atoms with Crippen molar-refractivity contribution in [2.75, 3.05) is 25.0 Å². The summed E-state index contributed by atoms with van der Waals surface area (Å²) < 4.78 is 39.0. The number of aryl methyl sites for hydroxylation is 2. The Kier molecular flexibility index (Phi) is 4.44. The molecular weight excluding hydrogens is 321 g/mol. The zero-order chi connectivity index (χ0) is 17.3. The van der Waals surface area contributed by atoms with Crippen molar-refractivity contribution in [2.24, 2.45) is 0 Å². The Labute approximate surface area is 137 Å². The molecule has 130 valence electrons. The Balaban J connectivity index is 1.67. The highest BCUT2D eigenvalue weighted by Gasteiger charge is 2.34. The van der Waals surface area contributed by atoms with Gasteiger partial charge in [0.15, 0.2) is 5.82 Å². The highest BCUT2D eigenvalue weighted by atomic mass is 19.4. The third-order valence-electron chi connectivity index (χ3n) is 3.88. The Morgan fingerprint density at radius 3 is 2.75 bits per heavy atom. The highest BCUT2D eigenvalue weighted by molar-refractivity contribution is 5.38. The van der Waals surface area contributed by atoms with E-state index >= 15 is 0 Å². The van der Waals surface area contributed by atoms with Crippen molar-refractivity contribution < 1.29 is 13.2 Å². The van der Waals surface area contributed by atoms with Gasteiger partial charge in [-0.3, -0.25) is 9.88 Å². The molecule has 1 fully saturated rings. The molecule has 9 heteroatoms. The predicted molar refractivity (Wildman–Crippen MR) is 83.2 cm³/mol. The average molecular weight is 340 g/mol. The molecule has 3 heterocycles. The second-order valence-electron chi connectivity index (χ2n) is 6.08. The van der Waals surface area contributed by atoms with Gasteiger partial charge in [-0.1, -0.05) is 0 Å². The van der Waals surface area contributed by atoms with E-state index in [1.165, 1.54) is 4.90 Å². The molecule has 2 aromatic heterocycles. The maximum Gasteiger partial charge on any atom is 0.401 e. The normalized spacial score (nSPS) is 19.0. The van der Waals surface area contributed by atoms with Gasteiger partial charge in [-0.15, -0.1) is 0 Å². The lowest BCUT2D eigenvalue weighted by Crippen LogP contribution is -2.34. The summed E-state index contributed by atoms with van der Waals surface area (Å²) in [5, 5.41) is 7.53. The lowest BCUT2D eigenvalue weighted by molar-refractivity contribution is -0.143. The lowest BCUT2D eigenvalue weighted by Gasteiger charge is -2.18. The van der Waals surface area contributed by atoms with Crippen LogP contribution in [0.15, 0.2) is 18.5 Å². The number of nitrogens with one attached hydrogen (secondary N) is 1. The summed E-state index contributed by atoms with van der Waals surface area (Å²) in [7, 11) is 0. The quantitative estimate of drug-likeness (QED) is 0.926. The first-order valence-corrected chi connectivity index (χ1v) is 7.71. The van der Waals surface area contributed by atoms with Gasteiger partial charge < -0.3 is 5.32 Å². The molecule has 0 aliphatic carbocycles. The molecule has 0 amide bonds. The molecule has 1 atom stereocenters. The summed E-state index contributed by atoms with van der Waals surface area (Å²) in [5.41, 5.74) is 1.82. The third-order valence-corrected chi connectivity index (χ3v) is 3.88. The minimum atomic E-state index is -4.16. The van der Waals surface area contributed by atoms with Crippen LogP contribution in [-0.2, 0) is 0 Å². The second kappa shape index (κ2) is 6.39. The number of likely N-dealkylation sites (tertiary alicyclic amines) is 1. The van der Waals surface area contributed by atoms with Crippen LogP contribution in [0.5, 0.6) is 0 Å². The van der Waals surface area contributed by atoms with E-state index in [2.05, 4.69) is 20.4 Å². The highest BCUT2D eigenvalue weighted by Crippen LogP contribution is 2.21. The van der Waals surface area contributed by atoms with Gasteiger partial charge in [-0.05, 0) is 26.3 Å². The molecule has 1 aliphatic heterocycles. The number of halogens is 3. The number of anilines is 1. The molecule has 1 unspecified atom stereocenters. The molecule has 0 aromatic carbocycles. The molecule has 0 radical (unpaired) electrons. The van der Waals surface area contributed by atoms with E-state index in [0.29, 0.717) is 31.1 Å². The summed E-state index contributed by atoms with van der Waals surface area (Å²) in [5.74, 6) is 1.12. The van der Waals surface area contributed by atoms with Crippen LogP contribution in [0.25, 0.3) is 5.82 Å². The van der Waals surface area contributed by atoms with Crippen LogP contribution in [0.1, 0.15) is 17.8 Å². The van der Waals surface area contributed by atoms with E-state index in [-0.39, 0.29) is 6.04 Å². The van der Waals surface area contributed by atoms with Crippen molar-refractivity contribution in [1.29, 1.82) is 0 Å². The van der Waals surface area contributed by atoms with E-state index in [1.54, 1.807) is 17.1 Å². The van der Waals surface area contributed by atoms with Crippen LogP contribution in [0, 0.1) is 13.8 Å². The number of alkyl halides is 3. The Hall–Kier alpha value is -2.16. The van der Waals surface area contributed by atoms with Crippen molar-refractivity contribution in [3.8, 4) is 5.82 Å². The topological polar surface area (TPSA) is 58.9 Å². The monoisotopic (exact) mass is 340 g/mol. The third kappa shape index (κ3) is 4.02. The largest absolute Gasteiger partial charge is 0.401 e. The fourth-order valence-corrected chi connectivity index (χ4v) is 2.94. The van der Waals surface area contributed by atoms with E-state index < -0.39 is 12.7 Å². The van der Waals surface area contributed by atoms with Crippen LogP contribution in [-0.4, -0.2) is 56.5 Å². The standard InChI is InChI=1S/C15H19F3N6/c1-10-5-11(2)24(22-10)14-7-19-6-13(21-14)20-12-3-4-23(8-12)9-15(16,17)18/h5-7,12H,3-4,8-9H2,1-2H3,(H,20,21). The van der Waals surface area contributed by atoms with Crippen molar-refractivity contribution >= 4 is 5.82 Å². The summed E-state index contributed by atoms with van der Waals surface area (Å²) >= 11 is 0. The van der Waals surface area contributed by atoms with Gasteiger partial charge in [-0.25, -0.2) is 9.67 Å². The predicted octanol–water partition coefficient (Wildman–Crippen LogP) is 2.33. The number of hydrogen-bond donors (Lipinski definition) is 1. The molecule has 6 nitrogen and oxygen atoms in total. The molecule has 0 saturated carbocycles. The maximum atomic E-state index is 12.4. The SMILES string of the molecule is Cc1cc(C)n(-c2cncc(NC3CCN(CC(F)(F)F)C3)n2)n1. The van der Waals surface area contributed by atoms with Gasteiger partial charge in [-0.2, -0.15) is 18.3 Å². The van der Waals surface area contributed by atoms with E-state index in [9.17, 15) is 13.2 Å². The molecule has 2 aromatic rings. The zero-order valence-electron chi connectivity index (χ0n) is 13.5. The Morgan fingerprint density at radius 1 is 1.29 bits per heavy atom. The van der Waals surface area contributed by atoms with Crippen molar-refractivity contribution in [3.63, 3.8) is 0 Å². The number of hydrogen-bond acceptors (Lipinski definition) is 5. The lowest BCUT2D eigenvalue weighted by atomic mass is 10.2. The van der Waals surface area contributed by atoms with E-state index in [4.69, 9.17) is 0 Å². The molecule has 1 N–H and O–H groups in total. The van der Waals surface area contributed by atoms with Gasteiger partial charge in [0.1, 0.15) is 5.82 Å². The summed E-state index contributed by atoms with van der Waals surface area (Å²) in [6, 6.07) is 1.87. The first-order valence-electron chi connectivity index (χ1n) is 7.71. The fraction of sp³-hybridized carbons (Fsp3) is 0.533. The first-order chi connectivity index (χ1) is 11.3. The van der Waals surface area contributed by atoms with Gasteiger partial charge in [0.25, 0.3) is 0 Å². The Bertz CT molecular complexity index is 711. The van der Waals surface area contributed by atoms with Crippen molar-refractivity contribution in [3.05, 3.63) is 29.8 Å². The number of rotatable bonds is 4. The molecule has 24 heavy (non-hydrogen) atoms. The van der Waals surface area contributed by atoms with Crippen LogP contribution < -0.4 is 5.32 Å². The molecule has 1 saturated heterocycles. The van der Waals surface area contributed by atoms with Gasteiger partial charge >= 0.3 is 6.18 Å². The number of nitrogens with zero attached hydrogens (tertiary/aromatic N) is 5. The van der Waals surface area contributed by atoms with E-state index in [1.807, 2.05) is 19.9 Å². The second-order valence-corrected chi connectivity index (χ2v) is 6.08. The minimum Gasteiger partial charge on any atom is -0.365 e. The smallest absolute Gasteiger partial charge is 0.365 e. The molecule has 0 bridgehead atoms. The fourth-order valence-electron chi connectivity index (χ4n) is 2.94. The van der Waals surface area contributed by atoms with Gasteiger partial charge in [0.05, 0.1) is 24.6 Å². The van der Waals surface area contributed by atoms with Gasteiger partial charge in [0.2, 0.25) is 0 Å². The summed E-state index contributed by atoms with van der Waals surface area (Å²) in [6.45, 7) is 3.70. The number of aromatic nitrogens is 4.